The first-order chi connectivity index (χ1) is 17.0. The Labute approximate surface area is 217 Å². The van der Waals surface area contributed by atoms with Gasteiger partial charge in [0.15, 0.2) is 11.5 Å². The molecule has 11 heteroatoms. The Hall–Kier alpha value is -2.98. The average Bonchev–Trinajstić information content (AvgIpc) is 3.32. The number of hydrogen-bond acceptors (Lipinski definition) is 6. The standard InChI is InChI=1S/C25H32ClN3O6S/c1-5-36(32,33)29(20-10-11-22-23(12-20)35-16-34-22)15-24(30)28(14-19-8-6-7-9-21(19)26)18(4)25(31)27-13-17(2)3/h6-12,17-18H,5,13-16H2,1-4H3,(H,27,31)/t18-/m1/s1. The molecule has 1 aliphatic rings. The fraction of sp³-hybridized carbons (Fsp3) is 0.440. The lowest BCUT2D eigenvalue weighted by Gasteiger charge is -2.32. The van der Waals surface area contributed by atoms with Gasteiger partial charge in [0.1, 0.15) is 12.6 Å². The van der Waals surface area contributed by atoms with E-state index in [9.17, 15) is 18.0 Å². The van der Waals surface area contributed by atoms with Crippen LogP contribution in [0.2, 0.25) is 5.02 Å². The monoisotopic (exact) mass is 537 g/mol. The van der Waals surface area contributed by atoms with Crippen molar-refractivity contribution in [2.45, 2.75) is 40.3 Å². The molecule has 9 nitrogen and oxygen atoms in total. The number of sulfonamides is 1. The Bertz CT molecular complexity index is 1200. The third kappa shape index (κ3) is 6.61. The second kappa shape index (κ2) is 11.8. The van der Waals surface area contributed by atoms with Crippen LogP contribution in [-0.2, 0) is 26.2 Å². The smallest absolute Gasteiger partial charge is 0.244 e. The molecule has 1 heterocycles. The number of benzene rings is 2. The van der Waals surface area contributed by atoms with Crippen molar-refractivity contribution in [1.29, 1.82) is 0 Å². The van der Waals surface area contributed by atoms with Gasteiger partial charge in [0.25, 0.3) is 0 Å². The fourth-order valence-electron chi connectivity index (χ4n) is 3.61. The summed E-state index contributed by atoms with van der Waals surface area (Å²) in [5, 5.41) is 3.29. The van der Waals surface area contributed by atoms with Crippen molar-refractivity contribution in [2.75, 3.05) is 29.9 Å². The minimum Gasteiger partial charge on any atom is -0.454 e. The van der Waals surface area contributed by atoms with Crippen LogP contribution < -0.4 is 19.1 Å². The van der Waals surface area contributed by atoms with Gasteiger partial charge >= 0.3 is 0 Å². The Balaban J connectivity index is 1.93. The summed E-state index contributed by atoms with van der Waals surface area (Å²) < 4.78 is 37.8. The number of hydrogen-bond donors (Lipinski definition) is 1. The van der Waals surface area contributed by atoms with Crippen molar-refractivity contribution in [1.82, 2.24) is 10.2 Å². The van der Waals surface area contributed by atoms with Gasteiger partial charge in [-0.25, -0.2) is 8.42 Å². The average molecular weight is 538 g/mol. The zero-order valence-electron chi connectivity index (χ0n) is 20.9. The van der Waals surface area contributed by atoms with Gasteiger partial charge in [-0.15, -0.1) is 0 Å². The van der Waals surface area contributed by atoms with E-state index in [1.54, 1.807) is 43.3 Å². The second-order valence-corrected chi connectivity index (χ2v) is 11.5. The summed E-state index contributed by atoms with van der Waals surface area (Å²) in [6, 6.07) is 10.8. The van der Waals surface area contributed by atoms with Crippen LogP contribution in [0.4, 0.5) is 5.69 Å². The molecule has 36 heavy (non-hydrogen) atoms. The SMILES string of the molecule is CCS(=O)(=O)N(CC(=O)N(Cc1ccccc1Cl)[C@H](C)C(=O)NCC(C)C)c1ccc2c(c1)OCO2. The summed E-state index contributed by atoms with van der Waals surface area (Å²) in [5.41, 5.74) is 0.910. The largest absolute Gasteiger partial charge is 0.454 e. The fourth-order valence-corrected chi connectivity index (χ4v) is 4.85. The maximum atomic E-state index is 13.7. The Morgan fingerprint density at radius 1 is 1.08 bits per heavy atom. The summed E-state index contributed by atoms with van der Waals surface area (Å²) in [6.07, 6.45) is 0. The first kappa shape index (κ1) is 27.6. The number of amides is 2. The molecule has 2 aromatic rings. The molecule has 0 bridgehead atoms. The predicted molar refractivity (Wildman–Crippen MR) is 139 cm³/mol. The van der Waals surface area contributed by atoms with E-state index in [1.807, 2.05) is 13.8 Å². The molecule has 1 atom stereocenters. The molecular formula is C25H32ClN3O6S. The summed E-state index contributed by atoms with van der Waals surface area (Å²) in [7, 11) is -3.84. The molecule has 0 spiro atoms. The van der Waals surface area contributed by atoms with Crippen LogP contribution in [0.5, 0.6) is 11.5 Å². The van der Waals surface area contributed by atoms with E-state index in [2.05, 4.69) is 5.32 Å². The minimum absolute atomic E-state index is 0.0346. The van der Waals surface area contributed by atoms with Gasteiger partial charge in [-0.3, -0.25) is 13.9 Å². The molecule has 196 valence electrons. The molecule has 0 saturated carbocycles. The lowest BCUT2D eigenvalue weighted by Crippen LogP contribution is -2.51. The van der Waals surface area contributed by atoms with Crippen molar-refractivity contribution in [2.24, 2.45) is 5.92 Å². The van der Waals surface area contributed by atoms with Gasteiger partial charge in [0.05, 0.1) is 11.4 Å². The van der Waals surface area contributed by atoms with Crippen molar-refractivity contribution >= 4 is 39.1 Å². The van der Waals surface area contributed by atoms with Crippen LogP contribution in [0.1, 0.15) is 33.3 Å². The number of carbonyl (C=O) groups is 2. The van der Waals surface area contributed by atoms with Crippen LogP contribution in [0.25, 0.3) is 0 Å². The highest BCUT2D eigenvalue weighted by atomic mass is 35.5. The molecule has 2 aromatic carbocycles. The lowest BCUT2D eigenvalue weighted by molar-refractivity contribution is -0.139. The number of ether oxygens (including phenoxy) is 2. The van der Waals surface area contributed by atoms with E-state index >= 15 is 0 Å². The van der Waals surface area contributed by atoms with E-state index in [0.717, 1.165) is 4.31 Å². The number of rotatable bonds is 11. The molecule has 2 amide bonds. The van der Waals surface area contributed by atoms with Crippen molar-refractivity contribution in [3.8, 4) is 11.5 Å². The zero-order chi connectivity index (χ0) is 26.5. The van der Waals surface area contributed by atoms with Gasteiger partial charge in [0, 0.05) is 24.2 Å². The quantitative estimate of drug-likeness (QED) is 0.471. The van der Waals surface area contributed by atoms with Crippen molar-refractivity contribution in [3.05, 3.63) is 53.1 Å². The summed E-state index contributed by atoms with van der Waals surface area (Å²) >= 11 is 6.34. The summed E-state index contributed by atoms with van der Waals surface area (Å²) in [5.74, 6) is 0.0169. The lowest BCUT2D eigenvalue weighted by atomic mass is 10.1. The number of nitrogens with one attached hydrogen (secondary N) is 1. The first-order valence-corrected chi connectivity index (χ1v) is 13.7. The van der Waals surface area contributed by atoms with Gasteiger partial charge in [-0.2, -0.15) is 0 Å². The number of halogens is 1. The molecule has 0 aromatic heterocycles. The van der Waals surface area contributed by atoms with Crippen LogP contribution in [0.3, 0.4) is 0 Å². The third-order valence-corrected chi connectivity index (χ3v) is 7.88. The molecular weight excluding hydrogens is 506 g/mol. The van der Waals surface area contributed by atoms with E-state index < -0.39 is 28.5 Å². The molecule has 0 saturated heterocycles. The normalized spacial score (nSPS) is 13.4. The first-order valence-electron chi connectivity index (χ1n) is 11.7. The van der Waals surface area contributed by atoms with E-state index in [4.69, 9.17) is 21.1 Å². The number of anilines is 1. The van der Waals surface area contributed by atoms with Crippen LogP contribution in [0, 0.1) is 5.92 Å². The maximum Gasteiger partial charge on any atom is 0.244 e. The van der Waals surface area contributed by atoms with Gasteiger partial charge in [-0.05, 0) is 43.5 Å². The number of nitrogens with zero attached hydrogens (tertiary/aromatic N) is 2. The second-order valence-electron chi connectivity index (χ2n) is 8.87. The van der Waals surface area contributed by atoms with Gasteiger partial charge in [-0.1, -0.05) is 43.6 Å². The number of fused-ring (bicyclic) bond motifs is 1. The predicted octanol–water partition coefficient (Wildman–Crippen LogP) is 3.41. The van der Waals surface area contributed by atoms with Crippen LogP contribution in [-0.4, -0.2) is 56.8 Å². The highest BCUT2D eigenvalue weighted by molar-refractivity contribution is 7.92. The summed E-state index contributed by atoms with van der Waals surface area (Å²) in [6.45, 7) is 7.08. The van der Waals surface area contributed by atoms with Crippen LogP contribution >= 0.6 is 11.6 Å². The molecule has 1 N–H and O–H groups in total. The highest BCUT2D eigenvalue weighted by Crippen LogP contribution is 2.36. The Morgan fingerprint density at radius 2 is 1.78 bits per heavy atom. The highest BCUT2D eigenvalue weighted by Gasteiger charge is 2.32. The molecule has 0 unspecified atom stereocenters. The number of carbonyl (C=O) groups excluding carboxylic acids is 2. The van der Waals surface area contributed by atoms with Crippen molar-refractivity contribution in [3.63, 3.8) is 0 Å². The van der Waals surface area contributed by atoms with Gasteiger partial charge < -0.3 is 19.7 Å². The zero-order valence-corrected chi connectivity index (χ0v) is 22.4. The van der Waals surface area contributed by atoms with E-state index in [1.165, 1.54) is 17.9 Å². The van der Waals surface area contributed by atoms with E-state index in [-0.39, 0.29) is 36.6 Å². The third-order valence-electron chi connectivity index (χ3n) is 5.77. The Morgan fingerprint density at radius 3 is 2.44 bits per heavy atom. The Kier molecular flexibility index (Phi) is 9.08. The minimum atomic E-state index is -3.84. The van der Waals surface area contributed by atoms with Crippen LogP contribution in [0.15, 0.2) is 42.5 Å². The maximum absolute atomic E-state index is 13.7. The molecule has 1 aliphatic heterocycles. The van der Waals surface area contributed by atoms with Gasteiger partial charge in [0.2, 0.25) is 28.6 Å². The molecule has 3 rings (SSSR count). The van der Waals surface area contributed by atoms with E-state index in [0.29, 0.717) is 28.6 Å². The molecule has 0 aliphatic carbocycles. The van der Waals surface area contributed by atoms with Crippen molar-refractivity contribution < 1.29 is 27.5 Å². The topological polar surface area (TPSA) is 105 Å². The molecule has 0 fully saturated rings. The summed E-state index contributed by atoms with van der Waals surface area (Å²) in [4.78, 5) is 27.9. The molecule has 0 radical (unpaired) electrons.